The third kappa shape index (κ3) is 8.92. The molecule has 4 amide bonds. The molecule has 0 spiro atoms. The number of aryl methyl sites for hydroxylation is 1. The number of fused-ring (bicyclic) bond motifs is 2. The molecule has 0 aliphatic carbocycles. The maximum absolute atomic E-state index is 14.0. The number of carbonyl (C=O) groups excluding carboxylic acids is 4. The zero-order valence-electron chi connectivity index (χ0n) is 31.9. The fourth-order valence-corrected chi connectivity index (χ4v) is 7.93. The van der Waals surface area contributed by atoms with Gasteiger partial charge in [-0.2, -0.15) is 0 Å². The van der Waals surface area contributed by atoms with Crippen LogP contribution in [-0.2, 0) is 25.7 Å². The van der Waals surface area contributed by atoms with Gasteiger partial charge < -0.3 is 39.9 Å². The predicted octanol–water partition coefficient (Wildman–Crippen LogP) is 3.29. The fraction of sp³-hybridized carbons (Fsp3) is 0.553. The lowest BCUT2D eigenvalue weighted by Crippen LogP contribution is -2.58. The number of rotatable bonds is 10. The Labute approximate surface area is 319 Å². The van der Waals surface area contributed by atoms with Crippen molar-refractivity contribution in [2.45, 2.75) is 104 Å². The molecule has 1 aromatic carbocycles. The number of carbonyl (C=O) groups is 4. The van der Waals surface area contributed by atoms with E-state index in [1.165, 1.54) is 17.3 Å². The molecule has 3 aliphatic heterocycles. The van der Waals surface area contributed by atoms with Gasteiger partial charge in [-0.25, -0.2) is 19.7 Å². The number of amides is 4. The van der Waals surface area contributed by atoms with Gasteiger partial charge in [-0.05, 0) is 50.7 Å². The van der Waals surface area contributed by atoms with Crippen molar-refractivity contribution in [1.82, 2.24) is 35.4 Å². The van der Waals surface area contributed by atoms with E-state index in [9.17, 15) is 24.3 Å². The first-order valence-electron chi connectivity index (χ1n) is 18.2. The molecule has 290 valence electrons. The Morgan fingerprint density at radius 2 is 1.65 bits per heavy atom. The number of hydrogen-bond acceptors (Lipinski definition) is 12. The maximum Gasteiger partial charge on any atom is 0.410 e. The van der Waals surface area contributed by atoms with Crippen LogP contribution in [0.25, 0.3) is 10.4 Å². The van der Waals surface area contributed by atoms with E-state index in [4.69, 9.17) is 9.47 Å². The van der Waals surface area contributed by atoms with E-state index in [2.05, 4.69) is 30.5 Å². The first kappa shape index (κ1) is 38.9. The normalized spacial score (nSPS) is 21.6. The summed E-state index contributed by atoms with van der Waals surface area (Å²) in [6.07, 6.45) is 2.68. The molecule has 16 heteroatoms. The van der Waals surface area contributed by atoms with Gasteiger partial charge in [-0.1, -0.05) is 45.0 Å². The summed E-state index contributed by atoms with van der Waals surface area (Å²) in [4.78, 5) is 72.6. The number of hydrogen-bond donors (Lipinski definition) is 3. The Kier molecular flexibility index (Phi) is 11.2. The van der Waals surface area contributed by atoms with Gasteiger partial charge in [0.25, 0.3) is 5.91 Å². The zero-order chi connectivity index (χ0) is 38.9. The molecule has 3 aliphatic rings. The molecule has 2 bridgehead atoms. The van der Waals surface area contributed by atoms with Crippen molar-refractivity contribution in [3.63, 3.8) is 0 Å². The number of thiazole rings is 1. The maximum atomic E-state index is 14.0. The largest absolute Gasteiger partial charge is 0.481 e. The molecule has 54 heavy (non-hydrogen) atoms. The number of aliphatic hydroxyl groups excluding tert-OH is 1. The SMILES string of the molecule is Cc1ncsc1-c1ccc(CNC(=O)[C@@H]2C[C@@H](O)CN2C(=O)[C@@H](NC(=O)COc2cnc(N3C[C@H]4C[C@@H]3CN4C(=O)OC(C)(C)C)nc2)C(C)(C)C)cc1. The number of likely N-dealkylation sites (tertiary alicyclic amines) is 2. The van der Waals surface area contributed by atoms with E-state index >= 15 is 0 Å². The van der Waals surface area contributed by atoms with Gasteiger partial charge in [-0.3, -0.25) is 14.4 Å². The Bertz CT molecular complexity index is 1840. The highest BCUT2D eigenvalue weighted by atomic mass is 32.1. The van der Waals surface area contributed by atoms with Crippen LogP contribution < -0.4 is 20.3 Å². The van der Waals surface area contributed by atoms with E-state index in [1.54, 1.807) is 16.2 Å². The number of anilines is 1. The number of piperazine rings is 1. The number of aromatic nitrogens is 3. The van der Waals surface area contributed by atoms with Crippen LogP contribution in [-0.4, -0.2) is 116 Å². The Morgan fingerprint density at radius 1 is 0.944 bits per heavy atom. The molecule has 0 unspecified atom stereocenters. The van der Waals surface area contributed by atoms with Gasteiger partial charge in [-0.15, -0.1) is 11.3 Å². The summed E-state index contributed by atoms with van der Waals surface area (Å²) in [6, 6.07) is 6.05. The van der Waals surface area contributed by atoms with Gasteiger partial charge in [0.2, 0.25) is 17.8 Å². The third-order valence-electron chi connectivity index (χ3n) is 9.82. The van der Waals surface area contributed by atoms with Gasteiger partial charge in [0.1, 0.15) is 17.7 Å². The molecule has 3 aromatic rings. The Hall–Kier alpha value is -4.83. The van der Waals surface area contributed by atoms with Crippen molar-refractivity contribution >= 4 is 41.1 Å². The zero-order valence-corrected chi connectivity index (χ0v) is 32.7. The van der Waals surface area contributed by atoms with Crippen molar-refractivity contribution in [3.05, 3.63) is 53.4 Å². The first-order valence-corrected chi connectivity index (χ1v) is 19.1. The van der Waals surface area contributed by atoms with E-state index in [-0.39, 0.29) is 49.3 Å². The molecular weight excluding hydrogens is 713 g/mol. The Balaban J connectivity index is 1.01. The van der Waals surface area contributed by atoms with Crippen molar-refractivity contribution in [3.8, 4) is 16.2 Å². The summed E-state index contributed by atoms with van der Waals surface area (Å²) in [7, 11) is 0. The number of β-amino-alcohol motifs (C(OH)–C–C–N with tert-alkyl or cyclic N) is 1. The van der Waals surface area contributed by atoms with Gasteiger partial charge in [0.15, 0.2) is 12.4 Å². The van der Waals surface area contributed by atoms with Gasteiger partial charge in [0, 0.05) is 32.6 Å². The topological polar surface area (TPSA) is 179 Å². The van der Waals surface area contributed by atoms with E-state index in [0.29, 0.717) is 19.0 Å². The van der Waals surface area contributed by atoms with Crippen molar-refractivity contribution in [1.29, 1.82) is 0 Å². The molecule has 0 saturated carbocycles. The number of nitrogens with zero attached hydrogens (tertiary/aromatic N) is 6. The molecule has 5 atom stereocenters. The third-order valence-corrected chi connectivity index (χ3v) is 10.8. The summed E-state index contributed by atoms with van der Waals surface area (Å²) in [5.41, 5.74) is 3.42. The van der Waals surface area contributed by atoms with Crippen LogP contribution in [0.3, 0.4) is 0 Å². The fourth-order valence-electron chi connectivity index (χ4n) is 7.12. The summed E-state index contributed by atoms with van der Waals surface area (Å²) >= 11 is 1.57. The predicted molar refractivity (Wildman–Crippen MR) is 202 cm³/mol. The van der Waals surface area contributed by atoms with Crippen molar-refractivity contribution in [2.75, 3.05) is 31.1 Å². The summed E-state index contributed by atoms with van der Waals surface area (Å²) in [5.74, 6) is -0.596. The van der Waals surface area contributed by atoms with Crippen LogP contribution in [0, 0.1) is 12.3 Å². The average Bonchev–Trinajstić information content (AvgIpc) is 3.92. The number of benzene rings is 1. The smallest absolute Gasteiger partial charge is 0.410 e. The van der Waals surface area contributed by atoms with Gasteiger partial charge in [0.05, 0.1) is 46.7 Å². The lowest BCUT2D eigenvalue weighted by molar-refractivity contribution is -0.144. The lowest BCUT2D eigenvalue weighted by Gasteiger charge is -2.35. The van der Waals surface area contributed by atoms with E-state index in [1.807, 2.05) is 78.2 Å². The minimum atomic E-state index is -0.999. The number of ether oxygens (including phenoxy) is 2. The average molecular weight is 763 g/mol. The highest BCUT2D eigenvalue weighted by molar-refractivity contribution is 7.13. The van der Waals surface area contributed by atoms with Crippen molar-refractivity contribution in [2.24, 2.45) is 5.41 Å². The van der Waals surface area contributed by atoms with Crippen LogP contribution in [0.4, 0.5) is 10.7 Å². The highest BCUT2D eigenvalue weighted by Gasteiger charge is 2.48. The summed E-state index contributed by atoms with van der Waals surface area (Å²) in [5, 5.41) is 16.3. The minimum absolute atomic E-state index is 0.0163. The molecule has 6 rings (SSSR count). The summed E-state index contributed by atoms with van der Waals surface area (Å²) < 4.78 is 11.2. The molecular formula is C38H50N8O7S. The van der Waals surface area contributed by atoms with Gasteiger partial charge >= 0.3 is 6.09 Å². The number of nitrogens with one attached hydrogen (secondary N) is 2. The van der Waals surface area contributed by atoms with Crippen LogP contribution in [0.5, 0.6) is 5.75 Å². The van der Waals surface area contributed by atoms with Crippen LogP contribution in [0.1, 0.15) is 65.6 Å². The molecule has 0 radical (unpaired) electrons. The monoisotopic (exact) mass is 762 g/mol. The number of aliphatic hydroxyl groups is 1. The van der Waals surface area contributed by atoms with Crippen molar-refractivity contribution < 1.29 is 33.8 Å². The van der Waals surface area contributed by atoms with Crippen LogP contribution >= 0.6 is 11.3 Å². The van der Waals surface area contributed by atoms with E-state index < -0.39 is 47.6 Å². The second kappa shape index (κ2) is 15.5. The standard InChI is InChI=1S/C38H50N8O7S/c1-22-31(54-21-42-22)24-10-8-23(9-11-24)14-39-33(49)29-13-27(47)19-46(29)34(50)32(37(2,3)4)43-30(48)20-52-28-15-40-35(41-16-28)44-17-26-12-25(44)18-45(26)36(51)53-38(5,6)7/h8-11,15-16,21,25-27,29,32,47H,12-14,17-20H2,1-7H3,(H,39,49)(H,43,48)/t25-,26-,27-,29+,32-/m1/s1. The van der Waals surface area contributed by atoms with Crippen LogP contribution in [0.15, 0.2) is 42.2 Å². The Morgan fingerprint density at radius 3 is 2.24 bits per heavy atom. The second-order valence-corrected chi connectivity index (χ2v) is 17.1. The van der Waals surface area contributed by atoms with Crippen LogP contribution in [0.2, 0.25) is 0 Å². The quantitative estimate of drug-likeness (QED) is 0.276. The molecule has 3 fully saturated rings. The minimum Gasteiger partial charge on any atom is -0.481 e. The summed E-state index contributed by atoms with van der Waals surface area (Å²) in [6.45, 7) is 13.9. The molecule has 15 nitrogen and oxygen atoms in total. The highest BCUT2D eigenvalue weighted by Crippen LogP contribution is 2.34. The molecule has 2 aromatic heterocycles. The molecule has 3 saturated heterocycles. The lowest BCUT2D eigenvalue weighted by atomic mass is 9.85. The first-order chi connectivity index (χ1) is 25.5. The molecule has 5 heterocycles. The van der Waals surface area contributed by atoms with E-state index in [0.717, 1.165) is 28.1 Å². The second-order valence-electron chi connectivity index (χ2n) is 16.3. The molecule has 3 N–H and O–H groups in total.